The topological polar surface area (TPSA) is 112 Å². The molecule has 0 aromatic heterocycles. The standard InChI is InChI=1S/C31H57NO6/c1-5-9-10-11-12-13-14-15-16-17-18-19-20-21-22-32(23-26(6-2)29(33)34,24-27(7-3)30(35)36)25-28(8-4)31(37)38/h21-22,26-28H,5-20,23-25H2,1-4H3,(H2-,33,34,35,36,37,38)/p+1/b22-21+. The first kappa shape index (κ1) is 36.1. The number of aliphatic carboxylic acids is 3. The molecule has 0 spiro atoms. The molecule has 7 heteroatoms. The second kappa shape index (κ2) is 22.0. The van der Waals surface area contributed by atoms with Crippen LogP contribution in [-0.4, -0.2) is 57.3 Å². The molecule has 0 aromatic carbocycles. The summed E-state index contributed by atoms with van der Waals surface area (Å²) in [7, 11) is 0. The average Bonchev–Trinajstić information content (AvgIpc) is 2.88. The molecule has 3 atom stereocenters. The summed E-state index contributed by atoms with van der Waals surface area (Å²) < 4.78 is 0.0820. The first-order chi connectivity index (χ1) is 18.2. The molecular formula is C31H58NO6+. The van der Waals surface area contributed by atoms with E-state index >= 15 is 0 Å². The fraction of sp³-hybridized carbons (Fsp3) is 0.839. The minimum absolute atomic E-state index is 0.0820. The molecule has 0 heterocycles. The van der Waals surface area contributed by atoms with Crippen LogP contribution in [0.3, 0.4) is 0 Å². The Morgan fingerprint density at radius 2 is 0.868 bits per heavy atom. The Labute approximate surface area is 232 Å². The molecule has 0 bridgehead atoms. The van der Waals surface area contributed by atoms with Crippen LogP contribution in [0.1, 0.15) is 130 Å². The van der Waals surface area contributed by atoms with Crippen molar-refractivity contribution >= 4 is 17.9 Å². The van der Waals surface area contributed by atoms with Crippen LogP contribution < -0.4 is 0 Å². The fourth-order valence-electron chi connectivity index (χ4n) is 5.27. The molecule has 0 aromatic rings. The molecule has 0 saturated carbocycles. The summed E-state index contributed by atoms with van der Waals surface area (Å²) in [6, 6.07) is 0. The quantitative estimate of drug-likeness (QED) is 0.0764. The number of nitrogens with zero attached hydrogens (tertiary/aromatic N) is 1. The van der Waals surface area contributed by atoms with Crippen LogP contribution in [0.4, 0.5) is 0 Å². The van der Waals surface area contributed by atoms with E-state index < -0.39 is 35.7 Å². The summed E-state index contributed by atoms with van der Waals surface area (Å²) >= 11 is 0. The van der Waals surface area contributed by atoms with Gasteiger partial charge < -0.3 is 15.3 Å². The minimum Gasteiger partial charge on any atom is -0.481 e. The van der Waals surface area contributed by atoms with Gasteiger partial charge in [0.05, 0.1) is 25.8 Å². The predicted octanol–water partition coefficient (Wildman–Crippen LogP) is 7.74. The molecule has 38 heavy (non-hydrogen) atoms. The third kappa shape index (κ3) is 16.2. The molecule has 0 aliphatic carbocycles. The van der Waals surface area contributed by atoms with Gasteiger partial charge in [0.15, 0.2) is 0 Å². The highest BCUT2D eigenvalue weighted by atomic mass is 16.4. The van der Waals surface area contributed by atoms with E-state index in [0.29, 0.717) is 19.3 Å². The van der Waals surface area contributed by atoms with Crippen molar-refractivity contribution in [3.63, 3.8) is 0 Å². The number of hydrogen-bond donors (Lipinski definition) is 3. The Balaban J connectivity index is 5.16. The normalized spacial score (nSPS) is 15.7. The van der Waals surface area contributed by atoms with Crippen molar-refractivity contribution in [3.8, 4) is 0 Å². The van der Waals surface area contributed by atoms with Gasteiger partial charge in [-0.3, -0.25) is 18.9 Å². The maximum absolute atomic E-state index is 11.9. The van der Waals surface area contributed by atoms with Crippen molar-refractivity contribution in [2.75, 3.05) is 19.6 Å². The van der Waals surface area contributed by atoms with Gasteiger partial charge in [0, 0.05) is 0 Å². The van der Waals surface area contributed by atoms with Crippen LogP contribution in [0, 0.1) is 17.8 Å². The van der Waals surface area contributed by atoms with E-state index in [4.69, 9.17) is 0 Å². The summed E-state index contributed by atoms with van der Waals surface area (Å²) in [4.78, 5) is 35.8. The predicted molar refractivity (Wildman–Crippen MR) is 154 cm³/mol. The maximum Gasteiger partial charge on any atom is 0.312 e. The molecule has 3 N–H and O–H groups in total. The third-order valence-electron chi connectivity index (χ3n) is 7.92. The smallest absolute Gasteiger partial charge is 0.312 e. The maximum atomic E-state index is 11.9. The van der Waals surface area contributed by atoms with E-state index in [0.717, 1.165) is 19.3 Å². The van der Waals surface area contributed by atoms with E-state index in [-0.39, 0.29) is 24.1 Å². The van der Waals surface area contributed by atoms with Gasteiger partial charge in [0.1, 0.15) is 17.8 Å². The number of hydrogen-bond acceptors (Lipinski definition) is 3. The third-order valence-corrected chi connectivity index (χ3v) is 7.92. The van der Waals surface area contributed by atoms with Crippen LogP contribution in [0.5, 0.6) is 0 Å². The van der Waals surface area contributed by atoms with E-state index in [1.54, 1.807) is 0 Å². The van der Waals surface area contributed by atoms with Gasteiger partial charge in [-0.05, 0) is 38.2 Å². The number of quaternary nitrogens is 1. The number of unbranched alkanes of at least 4 members (excludes halogenated alkanes) is 12. The fourth-order valence-corrected chi connectivity index (χ4v) is 5.27. The number of allylic oxidation sites excluding steroid dienone is 1. The molecule has 0 rings (SSSR count). The molecule has 0 saturated heterocycles. The number of rotatable bonds is 26. The van der Waals surface area contributed by atoms with E-state index in [1.165, 1.54) is 64.2 Å². The van der Waals surface area contributed by atoms with Crippen LogP contribution in [0.2, 0.25) is 0 Å². The van der Waals surface area contributed by atoms with Gasteiger partial charge in [-0.25, -0.2) is 0 Å². The molecule has 0 aliphatic rings. The molecule has 0 amide bonds. The number of carbonyl (C=O) groups is 3. The van der Waals surface area contributed by atoms with Gasteiger partial charge in [0.25, 0.3) is 0 Å². The van der Waals surface area contributed by atoms with Crippen LogP contribution in [-0.2, 0) is 14.4 Å². The van der Waals surface area contributed by atoms with Crippen molar-refractivity contribution in [1.82, 2.24) is 0 Å². The molecule has 0 fully saturated rings. The Bertz CT molecular complexity index is 617. The van der Waals surface area contributed by atoms with E-state index in [2.05, 4.69) is 6.92 Å². The van der Waals surface area contributed by atoms with Crippen molar-refractivity contribution in [2.45, 2.75) is 130 Å². The van der Waals surface area contributed by atoms with Gasteiger partial charge in [-0.1, -0.05) is 98.3 Å². The van der Waals surface area contributed by atoms with Crippen molar-refractivity contribution in [3.05, 3.63) is 12.3 Å². The minimum atomic E-state index is -0.920. The SMILES string of the molecule is CCCCCCCCCCCCCC/C=C/[N+](CC(CC)C(=O)O)(CC(CC)C(=O)O)CC(CC)C(=O)O. The lowest BCUT2D eigenvalue weighted by atomic mass is 9.96. The number of carboxylic acids is 3. The average molecular weight is 541 g/mol. The second-order valence-corrected chi connectivity index (χ2v) is 11.2. The Hall–Kier alpha value is -1.89. The zero-order chi connectivity index (χ0) is 28.8. The highest BCUT2D eigenvalue weighted by molar-refractivity contribution is 5.71. The lowest BCUT2D eigenvalue weighted by Gasteiger charge is -2.40. The van der Waals surface area contributed by atoms with Crippen molar-refractivity contribution in [2.24, 2.45) is 17.8 Å². The van der Waals surface area contributed by atoms with Crippen LogP contribution in [0.15, 0.2) is 12.3 Å². The zero-order valence-corrected chi connectivity index (χ0v) is 24.8. The van der Waals surface area contributed by atoms with Crippen molar-refractivity contribution < 1.29 is 34.2 Å². The van der Waals surface area contributed by atoms with Crippen LogP contribution >= 0.6 is 0 Å². The highest BCUT2D eigenvalue weighted by Crippen LogP contribution is 2.25. The molecule has 222 valence electrons. The van der Waals surface area contributed by atoms with E-state index in [1.807, 2.05) is 33.0 Å². The molecule has 3 unspecified atom stereocenters. The lowest BCUT2D eigenvalue weighted by molar-refractivity contribution is -0.887. The molecule has 7 nitrogen and oxygen atoms in total. The van der Waals surface area contributed by atoms with Gasteiger partial charge in [-0.2, -0.15) is 0 Å². The largest absolute Gasteiger partial charge is 0.481 e. The molecule has 0 radical (unpaired) electrons. The van der Waals surface area contributed by atoms with Gasteiger partial charge >= 0.3 is 17.9 Å². The summed E-state index contributed by atoms with van der Waals surface area (Å²) in [5, 5.41) is 29.3. The summed E-state index contributed by atoms with van der Waals surface area (Å²) in [6.07, 6.45) is 21.3. The first-order valence-electron chi connectivity index (χ1n) is 15.4. The Morgan fingerprint density at radius 3 is 1.16 bits per heavy atom. The van der Waals surface area contributed by atoms with Gasteiger partial charge in [-0.15, -0.1) is 0 Å². The summed E-state index contributed by atoms with van der Waals surface area (Å²) in [5.74, 6) is -4.75. The Morgan fingerprint density at radius 1 is 0.553 bits per heavy atom. The lowest BCUT2D eigenvalue weighted by Crippen LogP contribution is -2.54. The van der Waals surface area contributed by atoms with Crippen LogP contribution in [0.25, 0.3) is 0 Å². The summed E-state index contributed by atoms with van der Waals surface area (Å²) in [6.45, 7) is 8.29. The Kier molecular flexibility index (Phi) is 20.9. The van der Waals surface area contributed by atoms with Crippen molar-refractivity contribution in [1.29, 1.82) is 0 Å². The summed E-state index contributed by atoms with van der Waals surface area (Å²) in [5.41, 5.74) is 0. The number of carboxylic acid groups (broad SMARTS) is 3. The van der Waals surface area contributed by atoms with E-state index in [9.17, 15) is 29.7 Å². The molecular weight excluding hydrogens is 482 g/mol. The second-order valence-electron chi connectivity index (χ2n) is 11.2. The zero-order valence-electron chi connectivity index (χ0n) is 24.8. The first-order valence-corrected chi connectivity index (χ1v) is 15.4. The van der Waals surface area contributed by atoms with Gasteiger partial charge in [0.2, 0.25) is 0 Å². The molecule has 0 aliphatic heterocycles. The monoisotopic (exact) mass is 540 g/mol. The highest BCUT2D eigenvalue weighted by Gasteiger charge is 2.39.